The van der Waals surface area contributed by atoms with Gasteiger partial charge in [-0.25, -0.2) is 0 Å². The highest BCUT2D eigenvalue weighted by molar-refractivity contribution is 5.92. The van der Waals surface area contributed by atoms with Crippen LogP contribution in [-0.4, -0.2) is 18.0 Å². The number of nitrogens with one attached hydrogen (secondary N) is 2. The second kappa shape index (κ2) is 4.66. The highest BCUT2D eigenvalue weighted by Crippen LogP contribution is 2.30. The number of rotatable bonds is 4. The zero-order valence-electron chi connectivity index (χ0n) is 9.62. The largest absolute Gasteiger partial charge is 0.325 e. The molecule has 1 aromatic carbocycles. The Hall–Kier alpha value is -1.35. The number of para-hydroxylation sites is 1. The number of anilines is 1. The molecule has 1 aliphatic carbocycles. The molecule has 1 fully saturated rings. The van der Waals surface area contributed by atoms with Crippen molar-refractivity contribution in [2.24, 2.45) is 0 Å². The number of carbonyl (C=O) groups excluding carboxylic acids is 1. The topological polar surface area (TPSA) is 41.1 Å². The molecule has 1 aromatic rings. The van der Waals surface area contributed by atoms with E-state index in [2.05, 4.69) is 17.6 Å². The maximum atomic E-state index is 11.6. The van der Waals surface area contributed by atoms with Crippen LogP contribution >= 0.6 is 0 Å². The number of hydrogen-bond donors (Lipinski definition) is 2. The molecule has 1 amide bonds. The molecular formula is C13H18N2O. The van der Waals surface area contributed by atoms with Crippen molar-refractivity contribution in [2.45, 2.75) is 31.7 Å². The zero-order valence-corrected chi connectivity index (χ0v) is 9.62. The molecule has 0 heterocycles. The summed E-state index contributed by atoms with van der Waals surface area (Å²) in [5.74, 6) is 0.0272. The smallest absolute Gasteiger partial charge is 0.238 e. The van der Waals surface area contributed by atoms with Crippen LogP contribution in [-0.2, 0) is 4.79 Å². The number of benzene rings is 1. The van der Waals surface area contributed by atoms with Crippen LogP contribution in [0.25, 0.3) is 0 Å². The van der Waals surface area contributed by atoms with Crippen LogP contribution in [0.5, 0.6) is 0 Å². The van der Waals surface area contributed by atoms with Crippen molar-refractivity contribution in [1.29, 1.82) is 0 Å². The minimum absolute atomic E-state index is 0.0272. The van der Waals surface area contributed by atoms with Crippen molar-refractivity contribution in [2.75, 3.05) is 11.9 Å². The third-order valence-electron chi connectivity index (χ3n) is 3.19. The lowest BCUT2D eigenvalue weighted by Gasteiger charge is -2.39. The van der Waals surface area contributed by atoms with Gasteiger partial charge in [0.05, 0.1) is 6.54 Å². The average Bonchev–Trinajstić information content (AvgIpc) is 2.25. The SMILES string of the molecule is CC1(NCC(=O)Nc2ccccc2)CCC1. The molecule has 0 unspecified atom stereocenters. The molecule has 1 saturated carbocycles. The Balaban J connectivity index is 1.76. The molecule has 1 aliphatic rings. The molecule has 2 N–H and O–H groups in total. The minimum atomic E-state index is 0.0272. The van der Waals surface area contributed by atoms with Crippen molar-refractivity contribution >= 4 is 11.6 Å². The summed E-state index contributed by atoms with van der Waals surface area (Å²) in [6.45, 7) is 2.57. The fourth-order valence-corrected chi connectivity index (χ4v) is 1.90. The number of carbonyl (C=O) groups is 1. The number of amides is 1. The van der Waals surface area contributed by atoms with Crippen LogP contribution in [0.1, 0.15) is 26.2 Å². The first-order valence-electron chi connectivity index (χ1n) is 5.78. The van der Waals surface area contributed by atoms with Crippen LogP contribution in [0.2, 0.25) is 0 Å². The maximum absolute atomic E-state index is 11.6. The molecule has 0 spiro atoms. The highest BCUT2D eigenvalue weighted by Gasteiger charge is 2.31. The maximum Gasteiger partial charge on any atom is 0.238 e. The average molecular weight is 218 g/mol. The Labute approximate surface area is 96.2 Å². The van der Waals surface area contributed by atoms with E-state index in [0.29, 0.717) is 6.54 Å². The fraction of sp³-hybridized carbons (Fsp3) is 0.462. The summed E-state index contributed by atoms with van der Waals surface area (Å²) in [5.41, 5.74) is 1.04. The van der Waals surface area contributed by atoms with Gasteiger partial charge in [-0.2, -0.15) is 0 Å². The van der Waals surface area contributed by atoms with Crippen molar-refractivity contribution in [3.05, 3.63) is 30.3 Å². The molecule has 0 aliphatic heterocycles. The Bertz CT molecular complexity index is 357. The van der Waals surface area contributed by atoms with Gasteiger partial charge in [0.25, 0.3) is 0 Å². The van der Waals surface area contributed by atoms with Gasteiger partial charge in [-0.1, -0.05) is 18.2 Å². The summed E-state index contributed by atoms with van der Waals surface area (Å²) in [6, 6.07) is 9.54. The van der Waals surface area contributed by atoms with Gasteiger partial charge in [-0.3, -0.25) is 4.79 Å². The second-order valence-electron chi connectivity index (χ2n) is 4.68. The highest BCUT2D eigenvalue weighted by atomic mass is 16.1. The lowest BCUT2D eigenvalue weighted by Crippen LogP contribution is -2.50. The van der Waals surface area contributed by atoms with E-state index >= 15 is 0 Å². The van der Waals surface area contributed by atoms with Crippen LogP contribution in [0.3, 0.4) is 0 Å². The van der Waals surface area contributed by atoms with E-state index in [-0.39, 0.29) is 11.4 Å². The quantitative estimate of drug-likeness (QED) is 0.813. The molecule has 0 aromatic heterocycles. The van der Waals surface area contributed by atoms with E-state index in [1.54, 1.807) is 0 Å². The van der Waals surface area contributed by atoms with E-state index < -0.39 is 0 Å². The molecule has 16 heavy (non-hydrogen) atoms. The lowest BCUT2D eigenvalue weighted by molar-refractivity contribution is -0.115. The minimum Gasteiger partial charge on any atom is -0.325 e. The number of hydrogen-bond acceptors (Lipinski definition) is 2. The Morgan fingerprint density at radius 3 is 2.56 bits per heavy atom. The fourth-order valence-electron chi connectivity index (χ4n) is 1.90. The van der Waals surface area contributed by atoms with Crippen molar-refractivity contribution in [1.82, 2.24) is 5.32 Å². The standard InChI is InChI=1S/C13H18N2O/c1-13(8-5-9-13)14-10-12(16)15-11-6-3-2-4-7-11/h2-4,6-7,14H,5,8-10H2,1H3,(H,15,16). The van der Waals surface area contributed by atoms with Crippen molar-refractivity contribution in [3.63, 3.8) is 0 Å². The molecule has 0 radical (unpaired) electrons. The van der Waals surface area contributed by atoms with E-state index in [1.165, 1.54) is 19.3 Å². The Morgan fingerprint density at radius 1 is 1.31 bits per heavy atom. The summed E-state index contributed by atoms with van der Waals surface area (Å²) in [6.07, 6.45) is 3.61. The third-order valence-corrected chi connectivity index (χ3v) is 3.19. The molecule has 2 rings (SSSR count). The monoisotopic (exact) mass is 218 g/mol. The molecule has 0 saturated heterocycles. The van der Waals surface area contributed by atoms with Gasteiger partial charge in [0.15, 0.2) is 0 Å². The summed E-state index contributed by atoms with van der Waals surface area (Å²) in [4.78, 5) is 11.6. The first-order chi connectivity index (χ1) is 7.68. The first kappa shape index (κ1) is 11.1. The third kappa shape index (κ3) is 2.83. The molecule has 0 atom stereocenters. The first-order valence-corrected chi connectivity index (χ1v) is 5.78. The van der Waals surface area contributed by atoms with Gasteiger partial charge in [0, 0.05) is 11.2 Å². The molecule has 86 valence electrons. The van der Waals surface area contributed by atoms with Crippen LogP contribution < -0.4 is 10.6 Å². The molecular weight excluding hydrogens is 200 g/mol. The molecule has 3 nitrogen and oxygen atoms in total. The predicted molar refractivity (Wildman–Crippen MR) is 65.3 cm³/mol. The molecule has 0 bridgehead atoms. The van der Waals surface area contributed by atoms with E-state index in [1.807, 2.05) is 30.3 Å². The van der Waals surface area contributed by atoms with Gasteiger partial charge in [0.2, 0.25) is 5.91 Å². The predicted octanol–water partition coefficient (Wildman–Crippen LogP) is 2.16. The van der Waals surface area contributed by atoms with Gasteiger partial charge in [-0.05, 0) is 38.3 Å². The van der Waals surface area contributed by atoms with E-state index in [0.717, 1.165) is 5.69 Å². The second-order valence-corrected chi connectivity index (χ2v) is 4.68. The van der Waals surface area contributed by atoms with Crippen molar-refractivity contribution in [3.8, 4) is 0 Å². The normalized spacial score (nSPS) is 17.6. The summed E-state index contributed by atoms with van der Waals surface area (Å²) < 4.78 is 0. The van der Waals surface area contributed by atoms with Gasteiger partial charge >= 0.3 is 0 Å². The Kier molecular flexibility index (Phi) is 3.25. The van der Waals surface area contributed by atoms with E-state index in [4.69, 9.17) is 0 Å². The van der Waals surface area contributed by atoms with E-state index in [9.17, 15) is 4.79 Å². The van der Waals surface area contributed by atoms with Crippen LogP contribution in [0, 0.1) is 0 Å². The Morgan fingerprint density at radius 2 is 2.00 bits per heavy atom. The van der Waals surface area contributed by atoms with Gasteiger partial charge in [0.1, 0.15) is 0 Å². The summed E-state index contributed by atoms with van der Waals surface area (Å²) >= 11 is 0. The van der Waals surface area contributed by atoms with Crippen LogP contribution in [0.15, 0.2) is 30.3 Å². The zero-order chi connectivity index (χ0) is 11.4. The van der Waals surface area contributed by atoms with Crippen LogP contribution in [0.4, 0.5) is 5.69 Å². The molecule has 3 heteroatoms. The van der Waals surface area contributed by atoms with Gasteiger partial charge < -0.3 is 10.6 Å². The van der Waals surface area contributed by atoms with Crippen molar-refractivity contribution < 1.29 is 4.79 Å². The summed E-state index contributed by atoms with van der Waals surface area (Å²) in [5, 5.41) is 6.16. The lowest BCUT2D eigenvalue weighted by atomic mass is 9.78. The summed E-state index contributed by atoms with van der Waals surface area (Å²) in [7, 11) is 0. The van der Waals surface area contributed by atoms with Gasteiger partial charge in [-0.15, -0.1) is 0 Å².